The number of rotatable bonds is 6. The number of carbonyl (C=O) groups is 1. The van der Waals surface area contributed by atoms with Crippen LogP contribution in [0.3, 0.4) is 0 Å². The quantitative estimate of drug-likeness (QED) is 0.767. The summed E-state index contributed by atoms with van der Waals surface area (Å²) in [6, 6.07) is -0.254. The molecule has 100 valence electrons. The summed E-state index contributed by atoms with van der Waals surface area (Å²) in [5.41, 5.74) is 0. The van der Waals surface area contributed by atoms with Gasteiger partial charge in [0.25, 0.3) is 0 Å². The van der Waals surface area contributed by atoms with Crippen molar-refractivity contribution in [1.29, 1.82) is 0 Å². The van der Waals surface area contributed by atoms with Gasteiger partial charge >= 0.3 is 5.97 Å². The first-order valence-corrected chi connectivity index (χ1v) is 6.66. The van der Waals surface area contributed by atoms with Crippen molar-refractivity contribution in [3.8, 4) is 0 Å². The maximum Gasteiger partial charge on any atom is 0.320 e. The summed E-state index contributed by atoms with van der Waals surface area (Å²) in [5.74, 6) is -0.0470. The van der Waals surface area contributed by atoms with E-state index in [4.69, 9.17) is 0 Å². The van der Waals surface area contributed by atoms with E-state index in [1.54, 1.807) is 0 Å². The molecule has 1 heterocycles. The van der Waals surface area contributed by atoms with E-state index in [2.05, 4.69) is 30.8 Å². The van der Waals surface area contributed by atoms with Crippen molar-refractivity contribution >= 4 is 5.97 Å². The van der Waals surface area contributed by atoms with Gasteiger partial charge in [0.05, 0.1) is 0 Å². The number of hydrogen-bond acceptors (Lipinski definition) is 3. The van der Waals surface area contributed by atoms with Crippen molar-refractivity contribution in [2.45, 2.75) is 38.6 Å². The minimum absolute atomic E-state index is 0.254. The lowest BCUT2D eigenvalue weighted by molar-refractivity contribution is -0.145. The number of piperidine rings is 1. The highest BCUT2D eigenvalue weighted by molar-refractivity contribution is 5.73. The Balaban J connectivity index is 2.43. The van der Waals surface area contributed by atoms with Crippen LogP contribution in [0.5, 0.6) is 0 Å². The maximum atomic E-state index is 11.3. The van der Waals surface area contributed by atoms with Gasteiger partial charge in [-0.25, -0.2) is 0 Å². The summed E-state index contributed by atoms with van der Waals surface area (Å²) in [6.07, 6.45) is 4.14. The third-order valence-corrected chi connectivity index (χ3v) is 3.73. The van der Waals surface area contributed by atoms with E-state index in [0.29, 0.717) is 5.92 Å². The van der Waals surface area contributed by atoms with E-state index in [9.17, 15) is 9.90 Å². The first-order valence-electron chi connectivity index (χ1n) is 6.66. The van der Waals surface area contributed by atoms with Crippen molar-refractivity contribution in [3.63, 3.8) is 0 Å². The first kappa shape index (κ1) is 14.5. The van der Waals surface area contributed by atoms with E-state index < -0.39 is 5.97 Å². The first-order chi connectivity index (χ1) is 8.04. The van der Waals surface area contributed by atoms with E-state index in [1.165, 1.54) is 0 Å². The van der Waals surface area contributed by atoms with Crippen LogP contribution >= 0.6 is 0 Å². The Morgan fingerprint density at radius 3 is 2.71 bits per heavy atom. The molecule has 1 N–H and O–H groups in total. The van der Waals surface area contributed by atoms with Gasteiger partial charge in [0.2, 0.25) is 0 Å². The summed E-state index contributed by atoms with van der Waals surface area (Å²) in [6.45, 7) is 5.04. The molecule has 1 rings (SSSR count). The van der Waals surface area contributed by atoms with Gasteiger partial charge in [0.15, 0.2) is 0 Å². The number of likely N-dealkylation sites (tertiary alicyclic amines) is 1. The van der Waals surface area contributed by atoms with Crippen LogP contribution in [0.4, 0.5) is 0 Å². The fraction of sp³-hybridized carbons (Fsp3) is 0.923. The van der Waals surface area contributed by atoms with Crippen molar-refractivity contribution < 1.29 is 9.90 Å². The largest absolute Gasteiger partial charge is 0.480 e. The summed E-state index contributed by atoms with van der Waals surface area (Å²) >= 11 is 0. The highest BCUT2D eigenvalue weighted by Gasteiger charge is 2.32. The Labute approximate surface area is 105 Å². The SMILES string of the molecule is CCC1CCN(CCCN(C)C)C(C(=O)O)C1. The molecule has 1 aliphatic rings. The minimum atomic E-state index is -0.645. The molecule has 2 unspecified atom stereocenters. The second kappa shape index (κ2) is 6.97. The van der Waals surface area contributed by atoms with Crippen LogP contribution in [0.1, 0.15) is 32.6 Å². The molecule has 1 saturated heterocycles. The van der Waals surface area contributed by atoms with Crippen LogP contribution in [0, 0.1) is 5.92 Å². The molecule has 0 radical (unpaired) electrons. The number of aliphatic carboxylic acids is 1. The molecule has 4 heteroatoms. The Kier molecular flexibility index (Phi) is 5.92. The van der Waals surface area contributed by atoms with Gasteiger partial charge in [0.1, 0.15) is 6.04 Å². The average Bonchev–Trinajstić information content (AvgIpc) is 2.28. The molecule has 2 atom stereocenters. The second-order valence-corrected chi connectivity index (χ2v) is 5.35. The van der Waals surface area contributed by atoms with Gasteiger partial charge in [0, 0.05) is 6.54 Å². The van der Waals surface area contributed by atoms with E-state index in [1.807, 2.05) is 0 Å². The van der Waals surface area contributed by atoms with Crippen LogP contribution in [-0.2, 0) is 4.79 Å². The molecule has 0 aromatic heterocycles. The molecule has 0 spiro atoms. The predicted molar refractivity (Wildman–Crippen MR) is 69.2 cm³/mol. The van der Waals surface area contributed by atoms with Gasteiger partial charge in [-0.3, -0.25) is 9.69 Å². The Morgan fingerprint density at radius 2 is 2.18 bits per heavy atom. The van der Waals surface area contributed by atoms with Crippen molar-refractivity contribution in [2.24, 2.45) is 5.92 Å². The van der Waals surface area contributed by atoms with E-state index in [-0.39, 0.29) is 6.04 Å². The third kappa shape index (κ3) is 4.64. The zero-order chi connectivity index (χ0) is 12.8. The Morgan fingerprint density at radius 1 is 1.47 bits per heavy atom. The van der Waals surface area contributed by atoms with Gasteiger partial charge < -0.3 is 10.0 Å². The summed E-state index contributed by atoms with van der Waals surface area (Å²) in [4.78, 5) is 15.6. The zero-order valence-corrected chi connectivity index (χ0v) is 11.4. The Hall–Kier alpha value is -0.610. The minimum Gasteiger partial charge on any atom is -0.480 e. The maximum absolute atomic E-state index is 11.3. The number of carboxylic acids is 1. The molecule has 0 amide bonds. The van der Waals surface area contributed by atoms with E-state index >= 15 is 0 Å². The molecule has 0 saturated carbocycles. The second-order valence-electron chi connectivity index (χ2n) is 5.35. The number of hydrogen-bond donors (Lipinski definition) is 1. The molecular weight excluding hydrogens is 216 g/mol. The average molecular weight is 242 g/mol. The molecule has 0 aromatic rings. The molecule has 0 bridgehead atoms. The van der Waals surface area contributed by atoms with Gasteiger partial charge in [-0.1, -0.05) is 13.3 Å². The summed E-state index contributed by atoms with van der Waals surface area (Å²) in [7, 11) is 4.11. The standard InChI is InChI=1S/C13H26N2O2/c1-4-11-6-9-15(8-5-7-14(2)3)12(10-11)13(16)17/h11-12H,4-10H2,1-3H3,(H,16,17). The third-order valence-electron chi connectivity index (χ3n) is 3.73. The monoisotopic (exact) mass is 242 g/mol. The highest BCUT2D eigenvalue weighted by atomic mass is 16.4. The lowest BCUT2D eigenvalue weighted by Gasteiger charge is -2.37. The van der Waals surface area contributed by atoms with Crippen LogP contribution in [0.15, 0.2) is 0 Å². The molecule has 17 heavy (non-hydrogen) atoms. The smallest absolute Gasteiger partial charge is 0.320 e. The fourth-order valence-electron chi connectivity index (χ4n) is 2.57. The lowest BCUT2D eigenvalue weighted by Crippen LogP contribution is -2.47. The fourth-order valence-corrected chi connectivity index (χ4v) is 2.57. The normalized spacial score (nSPS) is 26.4. The lowest BCUT2D eigenvalue weighted by atomic mass is 9.89. The predicted octanol–water partition coefficient (Wildman–Crippen LogP) is 1.51. The molecule has 4 nitrogen and oxygen atoms in total. The molecule has 1 aliphatic heterocycles. The summed E-state index contributed by atoms with van der Waals surface area (Å²) in [5, 5.41) is 9.28. The molecule has 0 aromatic carbocycles. The van der Waals surface area contributed by atoms with Crippen LogP contribution in [0.25, 0.3) is 0 Å². The zero-order valence-electron chi connectivity index (χ0n) is 11.4. The molecular formula is C13H26N2O2. The van der Waals surface area contributed by atoms with Gasteiger partial charge in [-0.05, 0) is 52.4 Å². The topological polar surface area (TPSA) is 43.8 Å². The number of nitrogens with zero attached hydrogens (tertiary/aromatic N) is 2. The van der Waals surface area contributed by atoms with Crippen LogP contribution < -0.4 is 0 Å². The van der Waals surface area contributed by atoms with Crippen LogP contribution in [-0.4, -0.2) is 60.6 Å². The van der Waals surface area contributed by atoms with Gasteiger partial charge in [-0.2, -0.15) is 0 Å². The summed E-state index contributed by atoms with van der Waals surface area (Å²) < 4.78 is 0. The Bertz CT molecular complexity index is 244. The van der Waals surface area contributed by atoms with Crippen molar-refractivity contribution in [3.05, 3.63) is 0 Å². The molecule has 0 aliphatic carbocycles. The van der Waals surface area contributed by atoms with Crippen molar-refractivity contribution in [2.75, 3.05) is 33.7 Å². The van der Waals surface area contributed by atoms with Gasteiger partial charge in [-0.15, -0.1) is 0 Å². The van der Waals surface area contributed by atoms with E-state index in [0.717, 1.165) is 45.3 Å². The number of carboxylic acid groups (broad SMARTS) is 1. The van der Waals surface area contributed by atoms with Crippen molar-refractivity contribution in [1.82, 2.24) is 9.80 Å². The molecule has 1 fully saturated rings. The van der Waals surface area contributed by atoms with Crippen LogP contribution in [0.2, 0.25) is 0 Å². The highest BCUT2D eigenvalue weighted by Crippen LogP contribution is 2.25.